The Morgan fingerprint density at radius 3 is 2.48 bits per heavy atom. The molecule has 0 bridgehead atoms. The lowest BCUT2D eigenvalue weighted by Gasteiger charge is -2.24. The van der Waals surface area contributed by atoms with Crippen LogP contribution in [0.4, 0.5) is 0 Å². The molecule has 2 rings (SSSR count). The van der Waals surface area contributed by atoms with Crippen LogP contribution in [0.15, 0.2) is 18.2 Å². The van der Waals surface area contributed by atoms with Gasteiger partial charge in [-0.2, -0.15) is 0 Å². The second-order valence-electron chi connectivity index (χ2n) is 5.38. The van der Waals surface area contributed by atoms with E-state index in [1.54, 1.807) is 0 Å². The van der Waals surface area contributed by atoms with Crippen LogP contribution in [0.25, 0.3) is 0 Å². The molecule has 0 amide bonds. The van der Waals surface area contributed by atoms with Gasteiger partial charge < -0.3 is 19.3 Å². The fraction of sp³-hybridized carbons (Fsp3) is 0.647. The van der Waals surface area contributed by atoms with Crippen molar-refractivity contribution in [1.29, 1.82) is 0 Å². The average Bonchev–Trinajstić information content (AvgIpc) is 2.50. The van der Waals surface area contributed by atoms with E-state index >= 15 is 0 Å². The fourth-order valence-corrected chi connectivity index (χ4v) is 2.71. The molecule has 1 aromatic carbocycles. The van der Waals surface area contributed by atoms with E-state index in [9.17, 15) is 5.11 Å². The maximum atomic E-state index is 10.4. The molecule has 1 aliphatic rings. The average molecular weight is 294 g/mol. The SMILES string of the molecule is CCOc1ccc(C(O)CC2CCOCC2)cc1OCC. The lowest BCUT2D eigenvalue weighted by atomic mass is 9.91. The molecule has 1 unspecified atom stereocenters. The summed E-state index contributed by atoms with van der Waals surface area (Å²) in [7, 11) is 0. The van der Waals surface area contributed by atoms with Crippen molar-refractivity contribution in [1.82, 2.24) is 0 Å². The molecule has 1 fully saturated rings. The Morgan fingerprint density at radius 2 is 1.81 bits per heavy atom. The van der Waals surface area contributed by atoms with Crippen molar-refractivity contribution in [3.63, 3.8) is 0 Å². The number of rotatable bonds is 7. The molecular weight excluding hydrogens is 268 g/mol. The largest absolute Gasteiger partial charge is 0.490 e. The van der Waals surface area contributed by atoms with E-state index in [1.807, 2.05) is 32.0 Å². The molecule has 21 heavy (non-hydrogen) atoms. The standard InChI is InChI=1S/C17H26O4/c1-3-20-16-6-5-14(12-17(16)21-4-2)15(18)11-13-7-9-19-10-8-13/h5-6,12-13,15,18H,3-4,7-11H2,1-2H3. The lowest BCUT2D eigenvalue weighted by molar-refractivity contribution is 0.0434. The van der Waals surface area contributed by atoms with Crippen LogP contribution in [-0.2, 0) is 4.74 Å². The number of aliphatic hydroxyl groups excluding tert-OH is 1. The zero-order chi connectivity index (χ0) is 15.1. The molecule has 4 heteroatoms. The van der Waals surface area contributed by atoms with Crippen LogP contribution in [0, 0.1) is 5.92 Å². The Hall–Kier alpha value is -1.26. The molecule has 0 saturated carbocycles. The monoisotopic (exact) mass is 294 g/mol. The molecule has 0 aliphatic carbocycles. The first-order valence-corrected chi connectivity index (χ1v) is 7.90. The van der Waals surface area contributed by atoms with Gasteiger partial charge in [0.2, 0.25) is 0 Å². The summed E-state index contributed by atoms with van der Waals surface area (Å²) in [6.07, 6.45) is 2.39. The molecule has 1 atom stereocenters. The molecule has 4 nitrogen and oxygen atoms in total. The first-order valence-electron chi connectivity index (χ1n) is 7.90. The number of hydrogen-bond donors (Lipinski definition) is 1. The molecule has 1 aromatic rings. The predicted octanol–water partition coefficient (Wildman–Crippen LogP) is 3.33. The van der Waals surface area contributed by atoms with Gasteiger partial charge in [0.05, 0.1) is 19.3 Å². The molecule has 0 radical (unpaired) electrons. The van der Waals surface area contributed by atoms with Gasteiger partial charge in [0.1, 0.15) is 0 Å². The summed E-state index contributed by atoms with van der Waals surface area (Å²) in [5.74, 6) is 1.99. The lowest BCUT2D eigenvalue weighted by Crippen LogP contribution is -2.18. The normalized spacial score (nSPS) is 17.5. The van der Waals surface area contributed by atoms with E-state index in [1.165, 1.54) is 0 Å². The highest BCUT2D eigenvalue weighted by Gasteiger charge is 2.20. The molecule has 1 N–H and O–H groups in total. The van der Waals surface area contributed by atoms with Gasteiger partial charge in [-0.15, -0.1) is 0 Å². The predicted molar refractivity (Wildman–Crippen MR) is 81.9 cm³/mol. The third kappa shape index (κ3) is 4.61. The number of ether oxygens (including phenoxy) is 3. The van der Waals surface area contributed by atoms with Crippen molar-refractivity contribution in [2.24, 2.45) is 5.92 Å². The van der Waals surface area contributed by atoms with E-state index in [-0.39, 0.29) is 0 Å². The van der Waals surface area contributed by atoms with Gasteiger partial charge in [0.25, 0.3) is 0 Å². The first-order chi connectivity index (χ1) is 10.2. The maximum absolute atomic E-state index is 10.4. The summed E-state index contributed by atoms with van der Waals surface area (Å²) in [6.45, 7) is 6.70. The van der Waals surface area contributed by atoms with Gasteiger partial charge in [0, 0.05) is 13.2 Å². The van der Waals surface area contributed by atoms with Crippen molar-refractivity contribution in [3.05, 3.63) is 23.8 Å². The Morgan fingerprint density at radius 1 is 1.14 bits per heavy atom. The fourth-order valence-electron chi connectivity index (χ4n) is 2.71. The highest BCUT2D eigenvalue weighted by Crippen LogP contribution is 2.34. The van der Waals surface area contributed by atoms with Gasteiger partial charge in [0.15, 0.2) is 11.5 Å². The van der Waals surface area contributed by atoms with Crippen molar-refractivity contribution >= 4 is 0 Å². The van der Waals surface area contributed by atoms with Crippen molar-refractivity contribution in [3.8, 4) is 11.5 Å². The summed E-state index contributed by atoms with van der Waals surface area (Å²) < 4.78 is 16.5. The van der Waals surface area contributed by atoms with E-state index in [4.69, 9.17) is 14.2 Å². The Bertz CT molecular complexity index is 427. The van der Waals surface area contributed by atoms with Gasteiger partial charge in [-0.25, -0.2) is 0 Å². The summed E-state index contributed by atoms with van der Waals surface area (Å²) in [6, 6.07) is 5.72. The second kappa shape index (κ2) is 8.25. The number of hydrogen-bond acceptors (Lipinski definition) is 4. The van der Waals surface area contributed by atoms with E-state index in [2.05, 4.69) is 0 Å². The van der Waals surface area contributed by atoms with Crippen LogP contribution >= 0.6 is 0 Å². The number of benzene rings is 1. The molecule has 118 valence electrons. The Kier molecular flexibility index (Phi) is 6.33. The highest BCUT2D eigenvalue weighted by atomic mass is 16.5. The van der Waals surface area contributed by atoms with Gasteiger partial charge in [-0.3, -0.25) is 0 Å². The van der Waals surface area contributed by atoms with Crippen LogP contribution < -0.4 is 9.47 Å². The van der Waals surface area contributed by atoms with Gasteiger partial charge >= 0.3 is 0 Å². The van der Waals surface area contributed by atoms with Gasteiger partial charge in [-0.05, 0) is 56.7 Å². The summed E-state index contributed by atoms with van der Waals surface area (Å²) in [5, 5.41) is 10.4. The maximum Gasteiger partial charge on any atom is 0.161 e. The number of aliphatic hydroxyl groups is 1. The Balaban J connectivity index is 2.05. The van der Waals surface area contributed by atoms with Gasteiger partial charge in [-0.1, -0.05) is 6.07 Å². The summed E-state index contributed by atoms with van der Waals surface area (Å²) in [5.41, 5.74) is 0.897. The molecule has 1 saturated heterocycles. The van der Waals surface area contributed by atoms with E-state index in [0.29, 0.717) is 24.9 Å². The van der Waals surface area contributed by atoms with E-state index in [0.717, 1.165) is 43.8 Å². The van der Waals surface area contributed by atoms with Crippen LogP contribution in [-0.4, -0.2) is 31.5 Å². The van der Waals surface area contributed by atoms with Crippen molar-refractivity contribution in [2.45, 2.75) is 39.2 Å². The minimum atomic E-state index is -0.456. The summed E-state index contributed by atoms with van der Waals surface area (Å²) >= 11 is 0. The molecule has 1 aliphatic heterocycles. The topological polar surface area (TPSA) is 47.9 Å². The minimum Gasteiger partial charge on any atom is -0.490 e. The van der Waals surface area contributed by atoms with E-state index < -0.39 is 6.10 Å². The summed E-state index contributed by atoms with van der Waals surface area (Å²) in [4.78, 5) is 0. The molecule has 1 heterocycles. The van der Waals surface area contributed by atoms with Crippen LogP contribution in [0.1, 0.15) is 44.8 Å². The zero-order valence-corrected chi connectivity index (χ0v) is 13.0. The molecular formula is C17H26O4. The zero-order valence-electron chi connectivity index (χ0n) is 13.0. The highest BCUT2D eigenvalue weighted by molar-refractivity contribution is 5.43. The van der Waals surface area contributed by atoms with Crippen LogP contribution in [0.3, 0.4) is 0 Å². The Labute approximate surface area is 127 Å². The smallest absolute Gasteiger partial charge is 0.161 e. The second-order valence-corrected chi connectivity index (χ2v) is 5.38. The van der Waals surface area contributed by atoms with Crippen molar-refractivity contribution in [2.75, 3.05) is 26.4 Å². The first kappa shape index (κ1) is 16.1. The quantitative estimate of drug-likeness (QED) is 0.838. The third-order valence-corrected chi connectivity index (χ3v) is 3.85. The van der Waals surface area contributed by atoms with Crippen LogP contribution in [0.2, 0.25) is 0 Å². The van der Waals surface area contributed by atoms with Crippen LogP contribution in [0.5, 0.6) is 11.5 Å². The third-order valence-electron chi connectivity index (χ3n) is 3.85. The molecule has 0 aromatic heterocycles. The minimum absolute atomic E-state index is 0.456. The molecule has 0 spiro atoms. The van der Waals surface area contributed by atoms with Crippen molar-refractivity contribution < 1.29 is 19.3 Å².